The zero-order chi connectivity index (χ0) is 13.8. The molecule has 1 heterocycles. The smallest absolute Gasteiger partial charge is 0.237 e. The quantitative estimate of drug-likeness (QED) is 0.780. The Morgan fingerprint density at radius 1 is 1.50 bits per heavy atom. The molecule has 0 aliphatic carbocycles. The summed E-state index contributed by atoms with van der Waals surface area (Å²) in [7, 11) is 2.00. The molecule has 1 fully saturated rings. The third-order valence-corrected chi connectivity index (χ3v) is 4.13. The minimum absolute atomic E-state index is 0.0352. The first-order valence-electron chi connectivity index (χ1n) is 7.13. The Labute approximate surface area is 111 Å². The molecule has 2 unspecified atom stereocenters. The number of carbonyl (C=O) groups is 1. The Morgan fingerprint density at radius 3 is 2.72 bits per heavy atom. The van der Waals surface area contributed by atoms with E-state index >= 15 is 0 Å². The predicted molar refractivity (Wildman–Crippen MR) is 75.6 cm³/mol. The number of carbonyl (C=O) groups excluding carboxylic acids is 1. The van der Waals surface area contributed by atoms with E-state index in [4.69, 9.17) is 0 Å². The van der Waals surface area contributed by atoms with Gasteiger partial charge in [-0.1, -0.05) is 6.92 Å². The molecule has 4 nitrogen and oxygen atoms in total. The third-order valence-electron chi connectivity index (χ3n) is 4.13. The van der Waals surface area contributed by atoms with Crippen LogP contribution in [0.4, 0.5) is 0 Å². The van der Waals surface area contributed by atoms with Gasteiger partial charge in [0.25, 0.3) is 0 Å². The van der Waals surface area contributed by atoms with E-state index in [1.165, 1.54) is 12.8 Å². The summed E-state index contributed by atoms with van der Waals surface area (Å²) in [4.78, 5) is 14.5. The number of nitrogens with one attached hydrogen (secondary N) is 2. The van der Waals surface area contributed by atoms with Crippen molar-refractivity contribution in [2.75, 3.05) is 20.1 Å². The van der Waals surface area contributed by atoms with Crippen molar-refractivity contribution in [1.82, 2.24) is 15.5 Å². The van der Waals surface area contributed by atoms with Crippen molar-refractivity contribution in [3.05, 3.63) is 0 Å². The molecule has 1 aliphatic rings. The third kappa shape index (κ3) is 4.25. The molecule has 0 radical (unpaired) electrons. The highest BCUT2D eigenvalue weighted by molar-refractivity contribution is 5.82. The molecule has 0 aromatic carbocycles. The average Bonchev–Trinajstić information content (AvgIpc) is 2.37. The van der Waals surface area contributed by atoms with Crippen molar-refractivity contribution in [3.63, 3.8) is 0 Å². The second kappa shape index (κ2) is 6.53. The van der Waals surface area contributed by atoms with E-state index in [0.29, 0.717) is 6.04 Å². The van der Waals surface area contributed by atoms with Crippen molar-refractivity contribution < 1.29 is 4.79 Å². The Kier molecular flexibility index (Phi) is 5.60. The van der Waals surface area contributed by atoms with Crippen LogP contribution in [-0.4, -0.2) is 48.6 Å². The summed E-state index contributed by atoms with van der Waals surface area (Å²) in [5.74, 6) is 0.151. The normalized spacial score (nSPS) is 23.7. The van der Waals surface area contributed by atoms with E-state index in [1.54, 1.807) is 0 Å². The van der Waals surface area contributed by atoms with Gasteiger partial charge in [-0.3, -0.25) is 9.69 Å². The van der Waals surface area contributed by atoms with Gasteiger partial charge in [0.1, 0.15) is 0 Å². The summed E-state index contributed by atoms with van der Waals surface area (Å²) in [6.07, 6.45) is 3.33. The zero-order valence-corrected chi connectivity index (χ0v) is 12.5. The molecule has 18 heavy (non-hydrogen) atoms. The maximum Gasteiger partial charge on any atom is 0.237 e. The van der Waals surface area contributed by atoms with Crippen LogP contribution < -0.4 is 10.6 Å². The monoisotopic (exact) mass is 255 g/mol. The van der Waals surface area contributed by atoms with Gasteiger partial charge in [-0.05, 0) is 53.6 Å². The summed E-state index contributed by atoms with van der Waals surface area (Å²) in [5.41, 5.74) is -0.108. The first-order chi connectivity index (χ1) is 8.39. The summed E-state index contributed by atoms with van der Waals surface area (Å²) >= 11 is 0. The molecule has 106 valence electrons. The molecule has 1 rings (SSSR count). The number of hydrogen-bond donors (Lipinski definition) is 2. The van der Waals surface area contributed by atoms with Crippen LogP contribution in [0.3, 0.4) is 0 Å². The Bertz CT molecular complexity index is 278. The number of hydrogen-bond acceptors (Lipinski definition) is 3. The summed E-state index contributed by atoms with van der Waals surface area (Å²) in [6, 6.07) is 0.486. The maximum atomic E-state index is 12.2. The van der Waals surface area contributed by atoms with E-state index in [-0.39, 0.29) is 17.5 Å². The molecule has 0 bridgehead atoms. The van der Waals surface area contributed by atoms with Crippen LogP contribution in [0.1, 0.15) is 47.0 Å². The Balaban J connectivity index is 2.52. The Hall–Kier alpha value is -0.610. The topological polar surface area (TPSA) is 44.4 Å². The van der Waals surface area contributed by atoms with Gasteiger partial charge in [-0.2, -0.15) is 0 Å². The first kappa shape index (κ1) is 15.4. The predicted octanol–water partition coefficient (Wildman–Crippen LogP) is 1.36. The zero-order valence-electron chi connectivity index (χ0n) is 12.5. The molecule has 0 saturated carbocycles. The van der Waals surface area contributed by atoms with Crippen LogP contribution >= 0.6 is 0 Å². The lowest BCUT2D eigenvalue weighted by molar-refractivity contribution is -0.128. The van der Waals surface area contributed by atoms with Gasteiger partial charge in [0.05, 0.1) is 6.04 Å². The van der Waals surface area contributed by atoms with E-state index in [9.17, 15) is 4.79 Å². The molecule has 2 N–H and O–H groups in total. The SMILES string of the molecule is CCC(C)(C)NC(=O)C(C)N1CCCC(NC)C1. The van der Waals surface area contributed by atoms with Gasteiger partial charge < -0.3 is 10.6 Å². The van der Waals surface area contributed by atoms with Gasteiger partial charge in [0, 0.05) is 18.1 Å². The minimum Gasteiger partial charge on any atom is -0.350 e. The van der Waals surface area contributed by atoms with E-state index < -0.39 is 0 Å². The second-order valence-electron chi connectivity index (χ2n) is 6.03. The average molecular weight is 255 g/mol. The van der Waals surface area contributed by atoms with Crippen molar-refractivity contribution in [1.29, 1.82) is 0 Å². The second-order valence-corrected chi connectivity index (χ2v) is 6.03. The van der Waals surface area contributed by atoms with Crippen LogP contribution in [0, 0.1) is 0 Å². The molecule has 0 spiro atoms. The molecule has 2 atom stereocenters. The lowest BCUT2D eigenvalue weighted by atomic mass is 10.0. The standard InChI is InChI=1S/C14H29N3O/c1-6-14(3,4)16-13(18)11(2)17-9-7-8-12(10-17)15-5/h11-12,15H,6-10H2,1-5H3,(H,16,18). The van der Waals surface area contributed by atoms with Gasteiger partial charge in [-0.25, -0.2) is 0 Å². The number of likely N-dealkylation sites (tertiary alicyclic amines) is 1. The highest BCUT2D eigenvalue weighted by Crippen LogP contribution is 2.14. The highest BCUT2D eigenvalue weighted by atomic mass is 16.2. The molecular formula is C14H29N3O. The molecular weight excluding hydrogens is 226 g/mol. The molecule has 1 aliphatic heterocycles. The van der Waals surface area contributed by atoms with E-state index in [2.05, 4.69) is 36.3 Å². The largest absolute Gasteiger partial charge is 0.350 e. The first-order valence-corrected chi connectivity index (χ1v) is 7.13. The number of piperidine rings is 1. The van der Waals surface area contributed by atoms with Crippen LogP contribution in [0.5, 0.6) is 0 Å². The number of rotatable bonds is 5. The molecule has 0 aromatic heterocycles. The maximum absolute atomic E-state index is 12.2. The van der Waals surface area contributed by atoms with Crippen LogP contribution in [0.2, 0.25) is 0 Å². The number of likely N-dealkylation sites (N-methyl/N-ethyl adjacent to an activating group) is 1. The van der Waals surface area contributed by atoms with Crippen molar-refractivity contribution in [2.45, 2.75) is 64.6 Å². The highest BCUT2D eigenvalue weighted by Gasteiger charge is 2.29. The molecule has 4 heteroatoms. The van der Waals surface area contributed by atoms with E-state index in [0.717, 1.165) is 19.5 Å². The van der Waals surface area contributed by atoms with Crippen molar-refractivity contribution in [2.24, 2.45) is 0 Å². The van der Waals surface area contributed by atoms with E-state index in [1.807, 2.05) is 14.0 Å². The fourth-order valence-corrected chi connectivity index (χ4v) is 2.29. The fourth-order valence-electron chi connectivity index (χ4n) is 2.29. The minimum atomic E-state index is -0.108. The van der Waals surface area contributed by atoms with Crippen LogP contribution in [0.25, 0.3) is 0 Å². The summed E-state index contributed by atoms with van der Waals surface area (Å²) in [6.45, 7) is 10.3. The van der Waals surface area contributed by atoms with Crippen LogP contribution in [-0.2, 0) is 4.79 Å². The summed E-state index contributed by atoms with van der Waals surface area (Å²) in [5, 5.41) is 6.45. The fraction of sp³-hybridized carbons (Fsp3) is 0.929. The lowest BCUT2D eigenvalue weighted by Gasteiger charge is -2.37. The van der Waals surface area contributed by atoms with Gasteiger partial charge in [-0.15, -0.1) is 0 Å². The van der Waals surface area contributed by atoms with Crippen molar-refractivity contribution >= 4 is 5.91 Å². The number of amides is 1. The molecule has 0 aromatic rings. The van der Waals surface area contributed by atoms with Crippen molar-refractivity contribution in [3.8, 4) is 0 Å². The lowest BCUT2D eigenvalue weighted by Crippen LogP contribution is -2.55. The van der Waals surface area contributed by atoms with Gasteiger partial charge in [0.2, 0.25) is 5.91 Å². The number of nitrogens with zero attached hydrogens (tertiary/aromatic N) is 1. The summed E-state index contributed by atoms with van der Waals surface area (Å²) < 4.78 is 0. The van der Waals surface area contributed by atoms with Crippen LogP contribution in [0.15, 0.2) is 0 Å². The Morgan fingerprint density at radius 2 is 2.17 bits per heavy atom. The van der Waals surface area contributed by atoms with Gasteiger partial charge >= 0.3 is 0 Å². The van der Waals surface area contributed by atoms with Gasteiger partial charge in [0.15, 0.2) is 0 Å². The molecule has 1 saturated heterocycles. The molecule has 1 amide bonds.